The summed E-state index contributed by atoms with van der Waals surface area (Å²) in [4.78, 5) is 10.2. The highest BCUT2D eigenvalue weighted by Crippen LogP contribution is 2.29. The number of ether oxygens (including phenoxy) is 1. The SMILES string of the molecule is Clc1ccnc2[nH]c(C3=CCN(C4COC4)CC3)cc12. The second-order valence-corrected chi connectivity index (χ2v) is 5.81. The van der Waals surface area contributed by atoms with Gasteiger partial charge in [-0.3, -0.25) is 4.90 Å². The number of rotatable bonds is 2. The second-order valence-electron chi connectivity index (χ2n) is 5.40. The van der Waals surface area contributed by atoms with Gasteiger partial charge in [-0.05, 0) is 24.1 Å². The molecule has 0 amide bonds. The number of H-pyrrole nitrogens is 1. The summed E-state index contributed by atoms with van der Waals surface area (Å²) >= 11 is 6.20. The molecule has 0 radical (unpaired) electrons. The predicted octanol–water partition coefficient (Wildman–Crippen LogP) is 2.70. The number of hydrogen-bond donors (Lipinski definition) is 1. The van der Waals surface area contributed by atoms with Gasteiger partial charge in [0.1, 0.15) is 5.65 Å². The zero-order valence-corrected chi connectivity index (χ0v) is 11.9. The van der Waals surface area contributed by atoms with Crippen LogP contribution in [0.2, 0.25) is 5.02 Å². The summed E-state index contributed by atoms with van der Waals surface area (Å²) < 4.78 is 5.26. The van der Waals surface area contributed by atoms with Crippen LogP contribution in [0.3, 0.4) is 0 Å². The molecule has 1 N–H and O–H groups in total. The van der Waals surface area contributed by atoms with Gasteiger partial charge in [-0.25, -0.2) is 4.98 Å². The number of nitrogens with one attached hydrogen (secondary N) is 1. The maximum absolute atomic E-state index is 6.20. The number of aromatic amines is 1. The largest absolute Gasteiger partial charge is 0.378 e. The van der Waals surface area contributed by atoms with Crippen LogP contribution in [0.1, 0.15) is 12.1 Å². The Morgan fingerprint density at radius 1 is 1.40 bits per heavy atom. The van der Waals surface area contributed by atoms with Gasteiger partial charge < -0.3 is 9.72 Å². The lowest BCUT2D eigenvalue weighted by Gasteiger charge is -2.38. The Bertz CT molecular complexity index is 675. The molecular formula is C15H16ClN3O. The van der Waals surface area contributed by atoms with E-state index in [0.717, 1.165) is 54.5 Å². The number of fused-ring (bicyclic) bond motifs is 1. The lowest BCUT2D eigenvalue weighted by atomic mass is 10.0. The first-order valence-electron chi connectivity index (χ1n) is 6.96. The normalized spacial score (nSPS) is 20.9. The van der Waals surface area contributed by atoms with E-state index in [9.17, 15) is 0 Å². The van der Waals surface area contributed by atoms with Crippen molar-refractivity contribution in [2.45, 2.75) is 12.5 Å². The third-order valence-electron chi connectivity index (χ3n) is 4.20. The average molecular weight is 290 g/mol. The molecule has 1 saturated heterocycles. The molecular weight excluding hydrogens is 274 g/mol. The number of hydrogen-bond acceptors (Lipinski definition) is 3. The van der Waals surface area contributed by atoms with Gasteiger partial charge in [0.25, 0.3) is 0 Å². The van der Waals surface area contributed by atoms with E-state index in [1.54, 1.807) is 6.20 Å². The van der Waals surface area contributed by atoms with Crippen molar-refractivity contribution in [2.75, 3.05) is 26.3 Å². The lowest BCUT2D eigenvalue weighted by molar-refractivity contribution is -0.0612. The van der Waals surface area contributed by atoms with Crippen LogP contribution in [-0.2, 0) is 4.74 Å². The van der Waals surface area contributed by atoms with Gasteiger partial charge in [0.05, 0.1) is 24.3 Å². The van der Waals surface area contributed by atoms with Crippen LogP contribution in [0.25, 0.3) is 16.6 Å². The minimum atomic E-state index is 0.617. The van der Waals surface area contributed by atoms with Crippen molar-refractivity contribution in [3.05, 3.63) is 35.1 Å². The first-order chi connectivity index (χ1) is 9.81. The van der Waals surface area contributed by atoms with E-state index < -0.39 is 0 Å². The number of nitrogens with zero attached hydrogens (tertiary/aromatic N) is 2. The molecule has 4 rings (SSSR count). The van der Waals surface area contributed by atoms with Crippen LogP contribution < -0.4 is 0 Å². The van der Waals surface area contributed by atoms with Gasteiger partial charge in [0.15, 0.2) is 0 Å². The fraction of sp³-hybridized carbons (Fsp3) is 0.400. The molecule has 20 heavy (non-hydrogen) atoms. The smallest absolute Gasteiger partial charge is 0.139 e. The zero-order chi connectivity index (χ0) is 13.5. The van der Waals surface area contributed by atoms with Crippen molar-refractivity contribution in [3.63, 3.8) is 0 Å². The minimum absolute atomic E-state index is 0.617. The first-order valence-corrected chi connectivity index (χ1v) is 7.33. The molecule has 0 unspecified atom stereocenters. The molecule has 2 aliphatic rings. The number of aromatic nitrogens is 2. The van der Waals surface area contributed by atoms with E-state index in [0.29, 0.717) is 6.04 Å². The Balaban J connectivity index is 1.60. The van der Waals surface area contributed by atoms with Crippen LogP contribution in [0.4, 0.5) is 0 Å². The van der Waals surface area contributed by atoms with Crippen LogP contribution in [0.5, 0.6) is 0 Å². The van der Waals surface area contributed by atoms with Crippen LogP contribution in [-0.4, -0.2) is 47.2 Å². The summed E-state index contributed by atoms with van der Waals surface area (Å²) in [5.41, 5.74) is 3.36. The molecule has 0 atom stereocenters. The first kappa shape index (κ1) is 12.4. The molecule has 1 fully saturated rings. The van der Waals surface area contributed by atoms with Crippen molar-refractivity contribution in [2.24, 2.45) is 0 Å². The fourth-order valence-corrected chi connectivity index (χ4v) is 3.06. The van der Waals surface area contributed by atoms with Gasteiger partial charge in [-0.1, -0.05) is 17.7 Å². The third kappa shape index (κ3) is 2.04. The molecule has 0 spiro atoms. The molecule has 2 aliphatic heterocycles. The van der Waals surface area contributed by atoms with Gasteiger partial charge in [-0.2, -0.15) is 0 Å². The predicted molar refractivity (Wildman–Crippen MR) is 79.9 cm³/mol. The van der Waals surface area contributed by atoms with Gasteiger partial charge >= 0.3 is 0 Å². The molecule has 0 saturated carbocycles. The van der Waals surface area contributed by atoms with Crippen LogP contribution >= 0.6 is 11.6 Å². The Morgan fingerprint density at radius 2 is 2.30 bits per heavy atom. The number of halogens is 1. The van der Waals surface area contributed by atoms with Crippen molar-refractivity contribution < 1.29 is 4.74 Å². The van der Waals surface area contributed by atoms with Crippen LogP contribution in [0, 0.1) is 0 Å². The van der Waals surface area contributed by atoms with E-state index in [1.807, 2.05) is 6.07 Å². The van der Waals surface area contributed by atoms with Crippen LogP contribution in [0.15, 0.2) is 24.4 Å². The Morgan fingerprint density at radius 3 is 2.95 bits per heavy atom. The zero-order valence-electron chi connectivity index (χ0n) is 11.1. The maximum atomic E-state index is 6.20. The fourth-order valence-electron chi connectivity index (χ4n) is 2.86. The summed E-state index contributed by atoms with van der Waals surface area (Å²) in [5.74, 6) is 0. The minimum Gasteiger partial charge on any atom is -0.378 e. The molecule has 2 aromatic rings. The average Bonchev–Trinajstić information content (AvgIpc) is 2.83. The highest BCUT2D eigenvalue weighted by Gasteiger charge is 2.27. The van der Waals surface area contributed by atoms with E-state index >= 15 is 0 Å². The van der Waals surface area contributed by atoms with Crippen molar-refractivity contribution in [1.29, 1.82) is 0 Å². The molecule has 5 heteroatoms. The van der Waals surface area contributed by atoms with Crippen molar-refractivity contribution >= 4 is 28.2 Å². The molecule has 2 aromatic heterocycles. The van der Waals surface area contributed by atoms with Crippen molar-refractivity contribution in [1.82, 2.24) is 14.9 Å². The quantitative estimate of drug-likeness (QED) is 0.924. The van der Waals surface area contributed by atoms with Gasteiger partial charge in [0, 0.05) is 30.4 Å². The third-order valence-corrected chi connectivity index (χ3v) is 4.53. The van der Waals surface area contributed by atoms with Crippen molar-refractivity contribution in [3.8, 4) is 0 Å². The summed E-state index contributed by atoms with van der Waals surface area (Å²) in [5, 5.41) is 1.75. The van der Waals surface area contributed by atoms with E-state index in [2.05, 4.69) is 27.0 Å². The second kappa shape index (κ2) is 4.88. The number of pyridine rings is 1. The Labute approximate surface area is 122 Å². The highest BCUT2D eigenvalue weighted by atomic mass is 35.5. The van der Waals surface area contributed by atoms with E-state index in [-0.39, 0.29) is 0 Å². The van der Waals surface area contributed by atoms with E-state index in [1.165, 1.54) is 5.57 Å². The summed E-state index contributed by atoms with van der Waals surface area (Å²) in [6, 6.07) is 4.56. The molecule has 0 aromatic carbocycles. The maximum Gasteiger partial charge on any atom is 0.139 e. The molecule has 0 aliphatic carbocycles. The Hall–Kier alpha value is -1.36. The monoisotopic (exact) mass is 289 g/mol. The summed E-state index contributed by atoms with van der Waals surface area (Å²) in [7, 11) is 0. The standard InChI is InChI=1S/C15H16ClN3O/c16-13-1-4-17-15-12(13)7-14(18-15)10-2-5-19(6-3-10)11-8-20-9-11/h1-2,4,7,11H,3,5-6,8-9H2,(H,17,18). The van der Waals surface area contributed by atoms with Gasteiger partial charge in [0.2, 0.25) is 0 Å². The molecule has 4 heterocycles. The van der Waals surface area contributed by atoms with Gasteiger partial charge in [-0.15, -0.1) is 0 Å². The summed E-state index contributed by atoms with van der Waals surface area (Å²) in [6.45, 7) is 3.86. The Kier molecular flexibility index (Phi) is 3.02. The summed E-state index contributed by atoms with van der Waals surface area (Å²) in [6.07, 6.45) is 5.10. The molecule has 4 nitrogen and oxygen atoms in total. The molecule has 0 bridgehead atoms. The van der Waals surface area contributed by atoms with E-state index in [4.69, 9.17) is 16.3 Å². The lowest BCUT2D eigenvalue weighted by Crippen LogP contribution is -2.50. The topological polar surface area (TPSA) is 41.2 Å². The molecule has 104 valence electrons. The highest BCUT2D eigenvalue weighted by molar-refractivity contribution is 6.35.